The van der Waals surface area contributed by atoms with Crippen molar-refractivity contribution in [2.45, 2.75) is 63.5 Å². The Morgan fingerprint density at radius 1 is 1.39 bits per heavy atom. The molecule has 0 aromatic heterocycles. The highest BCUT2D eigenvalue weighted by Gasteiger charge is 2.46. The van der Waals surface area contributed by atoms with E-state index in [-0.39, 0.29) is 12.0 Å². The summed E-state index contributed by atoms with van der Waals surface area (Å²) >= 11 is 0. The number of aliphatic carboxylic acids is 1. The predicted octanol–water partition coefficient (Wildman–Crippen LogP) is 2.18. The van der Waals surface area contributed by atoms with Crippen molar-refractivity contribution in [1.82, 2.24) is 5.32 Å². The summed E-state index contributed by atoms with van der Waals surface area (Å²) in [5.74, 6) is -0.419. The van der Waals surface area contributed by atoms with E-state index in [0.29, 0.717) is 6.54 Å². The Balaban J connectivity index is 2.02. The van der Waals surface area contributed by atoms with Crippen molar-refractivity contribution < 1.29 is 14.6 Å². The molecule has 2 fully saturated rings. The molecule has 0 bridgehead atoms. The maximum atomic E-state index is 11.7. The van der Waals surface area contributed by atoms with Crippen LogP contribution in [0.1, 0.15) is 51.9 Å². The highest BCUT2D eigenvalue weighted by Crippen LogP contribution is 2.36. The number of rotatable bonds is 5. The fourth-order valence-electron chi connectivity index (χ4n) is 3.49. The fraction of sp³-hybridized carbons (Fsp3) is 0.929. The lowest BCUT2D eigenvalue weighted by Crippen LogP contribution is -2.60. The van der Waals surface area contributed by atoms with Crippen LogP contribution >= 0.6 is 0 Å². The number of carboxylic acid groups (broad SMARTS) is 1. The van der Waals surface area contributed by atoms with Gasteiger partial charge in [0.2, 0.25) is 0 Å². The summed E-state index contributed by atoms with van der Waals surface area (Å²) in [7, 11) is 0. The van der Waals surface area contributed by atoms with Crippen LogP contribution in [0.25, 0.3) is 0 Å². The van der Waals surface area contributed by atoms with E-state index in [1.54, 1.807) is 0 Å². The average molecular weight is 255 g/mol. The second-order valence-corrected chi connectivity index (χ2v) is 5.64. The second-order valence-electron chi connectivity index (χ2n) is 5.64. The van der Waals surface area contributed by atoms with Crippen molar-refractivity contribution >= 4 is 5.97 Å². The largest absolute Gasteiger partial charge is 0.480 e. The first-order chi connectivity index (χ1) is 8.69. The Morgan fingerprint density at radius 2 is 2.22 bits per heavy atom. The predicted molar refractivity (Wildman–Crippen MR) is 69.6 cm³/mol. The molecule has 1 aliphatic carbocycles. The lowest BCUT2D eigenvalue weighted by Gasteiger charge is -2.41. The van der Waals surface area contributed by atoms with Gasteiger partial charge in [0, 0.05) is 13.2 Å². The van der Waals surface area contributed by atoms with Crippen LogP contribution < -0.4 is 5.32 Å². The highest BCUT2D eigenvalue weighted by molar-refractivity contribution is 5.79. The third kappa shape index (κ3) is 2.69. The molecule has 2 rings (SSSR count). The van der Waals surface area contributed by atoms with E-state index < -0.39 is 11.5 Å². The van der Waals surface area contributed by atoms with E-state index in [9.17, 15) is 9.90 Å². The molecule has 4 heteroatoms. The van der Waals surface area contributed by atoms with Gasteiger partial charge in [-0.1, -0.05) is 26.2 Å². The molecule has 0 amide bonds. The first-order valence-electron chi connectivity index (χ1n) is 7.29. The van der Waals surface area contributed by atoms with Crippen LogP contribution in [0.4, 0.5) is 0 Å². The van der Waals surface area contributed by atoms with Gasteiger partial charge in [0.05, 0.1) is 6.10 Å². The van der Waals surface area contributed by atoms with Gasteiger partial charge in [0.1, 0.15) is 5.54 Å². The SMILES string of the molecule is CCC1CCCCC1(NCC1CCCO1)C(=O)O. The highest BCUT2D eigenvalue weighted by atomic mass is 16.5. The lowest BCUT2D eigenvalue weighted by molar-refractivity contribution is -0.149. The van der Waals surface area contributed by atoms with Crippen LogP contribution in [0.5, 0.6) is 0 Å². The lowest BCUT2D eigenvalue weighted by atomic mass is 9.71. The summed E-state index contributed by atoms with van der Waals surface area (Å²) < 4.78 is 5.58. The quantitative estimate of drug-likeness (QED) is 0.790. The number of carbonyl (C=O) groups is 1. The van der Waals surface area contributed by atoms with Crippen LogP contribution in [-0.2, 0) is 9.53 Å². The molecule has 0 spiro atoms. The summed E-state index contributed by atoms with van der Waals surface area (Å²) in [6, 6.07) is 0. The minimum Gasteiger partial charge on any atom is -0.480 e. The third-order valence-electron chi connectivity index (χ3n) is 4.61. The number of hydrogen-bond acceptors (Lipinski definition) is 3. The molecule has 18 heavy (non-hydrogen) atoms. The number of hydrogen-bond donors (Lipinski definition) is 2. The van der Waals surface area contributed by atoms with Crippen LogP contribution in [-0.4, -0.2) is 35.9 Å². The Morgan fingerprint density at radius 3 is 2.83 bits per heavy atom. The molecule has 1 heterocycles. The Labute approximate surface area is 109 Å². The molecule has 3 unspecified atom stereocenters. The Kier molecular flexibility index (Phi) is 4.62. The molecule has 1 aliphatic heterocycles. The van der Waals surface area contributed by atoms with Crippen molar-refractivity contribution in [3.63, 3.8) is 0 Å². The van der Waals surface area contributed by atoms with Crippen molar-refractivity contribution in [1.29, 1.82) is 0 Å². The van der Waals surface area contributed by atoms with Gasteiger partial charge in [-0.25, -0.2) is 0 Å². The van der Waals surface area contributed by atoms with Crippen LogP contribution in [0.2, 0.25) is 0 Å². The molecule has 0 aromatic rings. The Bertz CT molecular complexity index is 289. The summed E-state index contributed by atoms with van der Waals surface area (Å²) in [5, 5.41) is 13.0. The van der Waals surface area contributed by atoms with Gasteiger partial charge in [-0.15, -0.1) is 0 Å². The summed E-state index contributed by atoms with van der Waals surface area (Å²) in [6.07, 6.45) is 7.26. The molecular weight excluding hydrogens is 230 g/mol. The van der Waals surface area contributed by atoms with Crippen molar-refractivity contribution in [3.05, 3.63) is 0 Å². The zero-order valence-corrected chi connectivity index (χ0v) is 11.3. The van der Waals surface area contributed by atoms with Gasteiger partial charge in [-0.2, -0.15) is 0 Å². The second kappa shape index (κ2) is 6.02. The standard InChI is InChI=1S/C14H25NO3/c1-2-11-6-3-4-8-14(11,13(16)17)15-10-12-7-5-9-18-12/h11-12,15H,2-10H2,1H3,(H,16,17). The van der Waals surface area contributed by atoms with Gasteiger partial charge >= 0.3 is 5.97 Å². The van der Waals surface area contributed by atoms with Gasteiger partial charge in [0.25, 0.3) is 0 Å². The van der Waals surface area contributed by atoms with Crippen molar-refractivity contribution in [3.8, 4) is 0 Å². The first kappa shape index (κ1) is 13.8. The molecule has 0 aromatic carbocycles. The van der Waals surface area contributed by atoms with Crippen LogP contribution in [0, 0.1) is 5.92 Å². The molecule has 2 N–H and O–H groups in total. The summed E-state index contributed by atoms with van der Waals surface area (Å²) in [4.78, 5) is 11.7. The smallest absolute Gasteiger partial charge is 0.324 e. The Hall–Kier alpha value is -0.610. The minimum atomic E-state index is -0.709. The number of ether oxygens (including phenoxy) is 1. The molecule has 0 radical (unpaired) electrons. The van der Waals surface area contributed by atoms with E-state index in [1.165, 1.54) is 0 Å². The van der Waals surface area contributed by atoms with E-state index >= 15 is 0 Å². The maximum absolute atomic E-state index is 11.7. The summed E-state index contributed by atoms with van der Waals surface area (Å²) in [6.45, 7) is 3.61. The topological polar surface area (TPSA) is 58.6 Å². The van der Waals surface area contributed by atoms with E-state index in [0.717, 1.165) is 51.6 Å². The van der Waals surface area contributed by atoms with Crippen LogP contribution in [0.15, 0.2) is 0 Å². The molecule has 1 saturated carbocycles. The van der Waals surface area contributed by atoms with Gasteiger partial charge in [-0.3, -0.25) is 10.1 Å². The van der Waals surface area contributed by atoms with Crippen molar-refractivity contribution in [2.75, 3.05) is 13.2 Å². The number of carboxylic acids is 1. The van der Waals surface area contributed by atoms with Crippen LogP contribution in [0.3, 0.4) is 0 Å². The summed E-state index contributed by atoms with van der Waals surface area (Å²) in [5.41, 5.74) is -0.709. The first-order valence-corrected chi connectivity index (χ1v) is 7.29. The monoisotopic (exact) mass is 255 g/mol. The number of nitrogens with one attached hydrogen (secondary N) is 1. The molecule has 2 aliphatic rings. The molecule has 4 nitrogen and oxygen atoms in total. The van der Waals surface area contributed by atoms with Gasteiger partial charge in [0.15, 0.2) is 0 Å². The third-order valence-corrected chi connectivity index (χ3v) is 4.61. The molecule has 1 saturated heterocycles. The van der Waals surface area contributed by atoms with Gasteiger partial charge in [-0.05, 0) is 31.6 Å². The fourth-order valence-corrected chi connectivity index (χ4v) is 3.49. The molecular formula is C14H25NO3. The van der Waals surface area contributed by atoms with Gasteiger partial charge < -0.3 is 9.84 Å². The minimum absolute atomic E-state index is 0.209. The molecule has 104 valence electrons. The maximum Gasteiger partial charge on any atom is 0.324 e. The zero-order valence-electron chi connectivity index (χ0n) is 11.3. The van der Waals surface area contributed by atoms with E-state index in [1.807, 2.05) is 0 Å². The normalized spacial score (nSPS) is 36.7. The van der Waals surface area contributed by atoms with Crippen molar-refractivity contribution in [2.24, 2.45) is 5.92 Å². The average Bonchev–Trinajstić information content (AvgIpc) is 2.89. The van der Waals surface area contributed by atoms with E-state index in [4.69, 9.17) is 4.74 Å². The zero-order chi connectivity index (χ0) is 13.0. The van der Waals surface area contributed by atoms with E-state index in [2.05, 4.69) is 12.2 Å². The molecule has 3 atom stereocenters.